The maximum absolute atomic E-state index is 13.7. The summed E-state index contributed by atoms with van der Waals surface area (Å²) in [6, 6.07) is 19.1. The average molecular weight is 480 g/mol. The van der Waals surface area contributed by atoms with Gasteiger partial charge in [0.25, 0.3) is 0 Å². The van der Waals surface area contributed by atoms with Crippen molar-refractivity contribution in [2.75, 3.05) is 48.0 Å². The van der Waals surface area contributed by atoms with Gasteiger partial charge in [0.15, 0.2) is 0 Å². The van der Waals surface area contributed by atoms with Crippen LogP contribution in [0.3, 0.4) is 0 Å². The van der Waals surface area contributed by atoms with Gasteiger partial charge < -0.3 is 19.3 Å². The number of rotatable bonds is 10. The SMILES string of the molecule is COCCCCN1C(=O)N(Cc2ccc(OC)cc2)CC12CCC(c1ccccc1)(N(C)C)CC2. The minimum Gasteiger partial charge on any atom is -0.497 e. The van der Waals surface area contributed by atoms with Crippen molar-refractivity contribution in [1.82, 2.24) is 14.7 Å². The Bertz CT molecular complexity index is 953. The maximum Gasteiger partial charge on any atom is 0.320 e. The first-order valence-electron chi connectivity index (χ1n) is 12.9. The van der Waals surface area contributed by atoms with Crippen LogP contribution >= 0.6 is 0 Å². The number of hydrogen-bond acceptors (Lipinski definition) is 4. The van der Waals surface area contributed by atoms with E-state index in [1.54, 1.807) is 14.2 Å². The zero-order valence-electron chi connectivity index (χ0n) is 21.8. The lowest BCUT2D eigenvalue weighted by Gasteiger charge is -2.51. The van der Waals surface area contributed by atoms with E-state index in [0.717, 1.165) is 69.5 Å². The van der Waals surface area contributed by atoms with Gasteiger partial charge in [-0.2, -0.15) is 0 Å². The number of hydrogen-bond donors (Lipinski definition) is 0. The van der Waals surface area contributed by atoms with Crippen LogP contribution in [0.1, 0.15) is 49.7 Å². The Labute approximate surface area is 210 Å². The number of nitrogens with zero attached hydrogens (tertiary/aromatic N) is 3. The third-order valence-corrected chi connectivity index (χ3v) is 8.25. The van der Waals surface area contributed by atoms with Crippen molar-refractivity contribution in [2.24, 2.45) is 0 Å². The van der Waals surface area contributed by atoms with Gasteiger partial charge >= 0.3 is 6.03 Å². The molecule has 1 aliphatic carbocycles. The van der Waals surface area contributed by atoms with Crippen LogP contribution in [0, 0.1) is 0 Å². The van der Waals surface area contributed by atoms with Crippen LogP contribution in [0.15, 0.2) is 54.6 Å². The van der Waals surface area contributed by atoms with Crippen LogP contribution in [0.25, 0.3) is 0 Å². The smallest absolute Gasteiger partial charge is 0.320 e. The molecule has 0 radical (unpaired) electrons. The van der Waals surface area contributed by atoms with Crippen molar-refractivity contribution < 1.29 is 14.3 Å². The number of benzene rings is 2. The number of unbranched alkanes of at least 4 members (excludes halogenated alkanes) is 1. The van der Waals surface area contributed by atoms with E-state index in [-0.39, 0.29) is 17.1 Å². The summed E-state index contributed by atoms with van der Waals surface area (Å²) >= 11 is 0. The van der Waals surface area contributed by atoms with Crippen molar-refractivity contribution in [3.8, 4) is 5.75 Å². The summed E-state index contributed by atoms with van der Waals surface area (Å²) in [5.74, 6) is 0.839. The minimum atomic E-state index is -0.106. The van der Waals surface area contributed by atoms with E-state index in [1.807, 2.05) is 12.1 Å². The number of carbonyl (C=O) groups is 1. The Balaban J connectivity index is 1.55. The molecule has 190 valence electrons. The highest BCUT2D eigenvalue weighted by molar-refractivity contribution is 5.78. The lowest BCUT2D eigenvalue weighted by Crippen LogP contribution is -2.55. The number of ether oxygens (including phenoxy) is 2. The zero-order valence-corrected chi connectivity index (χ0v) is 21.8. The molecule has 1 saturated carbocycles. The molecule has 0 bridgehead atoms. The second-order valence-electron chi connectivity index (χ2n) is 10.4. The molecule has 0 N–H and O–H groups in total. The van der Waals surface area contributed by atoms with E-state index >= 15 is 0 Å². The van der Waals surface area contributed by atoms with E-state index in [2.05, 4.69) is 71.3 Å². The van der Waals surface area contributed by atoms with Crippen LogP contribution in [0.5, 0.6) is 5.75 Å². The molecule has 2 amide bonds. The molecule has 1 aliphatic heterocycles. The summed E-state index contributed by atoms with van der Waals surface area (Å²) in [5.41, 5.74) is 2.43. The highest BCUT2D eigenvalue weighted by Crippen LogP contribution is 2.49. The van der Waals surface area contributed by atoms with E-state index in [0.29, 0.717) is 6.54 Å². The summed E-state index contributed by atoms with van der Waals surface area (Å²) < 4.78 is 10.6. The van der Waals surface area contributed by atoms with E-state index in [1.165, 1.54) is 5.56 Å². The van der Waals surface area contributed by atoms with Gasteiger partial charge in [-0.15, -0.1) is 0 Å². The van der Waals surface area contributed by atoms with E-state index in [9.17, 15) is 4.79 Å². The van der Waals surface area contributed by atoms with Gasteiger partial charge in [0.1, 0.15) is 5.75 Å². The van der Waals surface area contributed by atoms with Gasteiger partial charge in [-0.1, -0.05) is 42.5 Å². The van der Waals surface area contributed by atoms with Gasteiger partial charge in [-0.25, -0.2) is 4.79 Å². The molecule has 6 heteroatoms. The van der Waals surface area contributed by atoms with Crippen molar-refractivity contribution in [3.05, 3.63) is 65.7 Å². The molecule has 1 saturated heterocycles. The molecule has 2 fully saturated rings. The summed E-state index contributed by atoms with van der Waals surface area (Å²) in [6.45, 7) is 2.96. The predicted octanol–water partition coefficient (Wildman–Crippen LogP) is 5.13. The molecule has 0 atom stereocenters. The molecule has 2 aromatic carbocycles. The van der Waals surface area contributed by atoms with Gasteiger partial charge in [0.05, 0.1) is 12.6 Å². The van der Waals surface area contributed by atoms with Gasteiger partial charge in [-0.05, 0) is 75.9 Å². The minimum absolute atomic E-state index is 0.0146. The fourth-order valence-electron chi connectivity index (χ4n) is 6.11. The fourth-order valence-corrected chi connectivity index (χ4v) is 6.11. The highest BCUT2D eigenvalue weighted by Gasteiger charge is 2.54. The third-order valence-electron chi connectivity index (χ3n) is 8.25. The number of methoxy groups -OCH3 is 2. The first kappa shape index (κ1) is 25.5. The molecule has 2 aromatic rings. The van der Waals surface area contributed by atoms with Crippen LogP contribution in [-0.4, -0.2) is 74.3 Å². The predicted molar refractivity (Wildman–Crippen MR) is 140 cm³/mol. The largest absolute Gasteiger partial charge is 0.497 e. The molecule has 2 aliphatic rings. The second-order valence-corrected chi connectivity index (χ2v) is 10.4. The van der Waals surface area contributed by atoms with E-state index in [4.69, 9.17) is 9.47 Å². The molecule has 1 heterocycles. The molecule has 1 spiro atoms. The Hall–Kier alpha value is -2.57. The quantitative estimate of drug-likeness (QED) is 0.443. The Morgan fingerprint density at radius 3 is 2.20 bits per heavy atom. The summed E-state index contributed by atoms with van der Waals surface area (Å²) in [5, 5.41) is 0. The van der Waals surface area contributed by atoms with Crippen molar-refractivity contribution in [1.29, 1.82) is 0 Å². The Morgan fingerprint density at radius 1 is 0.914 bits per heavy atom. The van der Waals surface area contributed by atoms with Gasteiger partial charge in [-0.3, -0.25) is 4.90 Å². The molecular formula is C29H41N3O3. The van der Waals surface area contributed by atoms with Gasteiger partial charge in [0, 0.05) is 38.9 Å². The van der Waals surface area contributed by atoms with E-state index < -0.39 is 0 Å². The Morgan fingerprint density at radius 2 is 1.60 bits per heavy atom. The second kappa shape index (κ2) is 11.0. The number of carbonyl (C=O) groups excluding carboxylic acids is 1. The van der Waals surface area contributed by atoms with Crippen molar-refractivity contribution >= 4 is 6.03 Å². The molecule has 0 unspecified atom stereocenters. The fraction of sp³-hybridized carbons (Fsp3) is 0.552. The summed E-state index contributed by atoms with van der Waals surface area (Å²) in [6.07, 6.45) is 6.05. The molecule has 0 aromatic heterocycles. The first-order valence-corrected chi connectivity index (χ1v) is 12.9. The molecular weight excluding hydrogens is 438 g/mol. The van der Waals surface area contributed by atoms with Crippen LogP contribution in [-0.2, 0) is 16.8 Å². The lowest BCUT2D eigenvalue weighted by atomic mass is 9.68. The van der Waals surface area contributed by atoms with Gasteiger partial charge in [0.2, 0.25) is 0 Å². The van der Waals surface area contributed by atoms with Crippen LogP contribution < -0.4 is 4.74 Å². The maximum atomic E-state index is 13.7. The topological polar surface area (TPSA) is 45.3 Å². The molecule has 6 nitrogen and oxygen atoms in total. The highest BCUT2D eigenvalue weighted by atomic mass is 16.5. The monoisotopic (exact) mass is 479 g/mol. The van der Waals surface area contributed by atoms with Crippen LogP contribution in [0.4, 0.5) is 4.79 Å². The standard InChI is InChI=1S/C29H41N3O3/c1-30(2)29(25-10-6-5-7-11-25)18-16-28(17-19-29)23-31(22-24-12-14-26(35-4)15-13-24)27(33)32(28)20-8-9-21-34-3/h5-7,10-15H,8-9,16-23H2,1-4H3. The third kappa shape index (κ3) is 5.19. The lowest BCUT2D eigenvalue weighted by molar-refractivity contribution is 0.0236. The summed E-state index contributed by atoms with van der Waals surface area (Å²) in [7, 11) is 7.81. The van der Waals surface area contributed by atoms with Crippen molar-refractivity contribution in [3.63, 3.8) is 0 Å². The average Bonchev–Trinajstić information content (AvgIpc) is 3.13. The summed E-state index contributed by atoms with van der Waals surface area (Å²) in [4.78, 5) is 20.4. The first-order chi connectivity index (χ1) is 16.9. The number of amides is 2. The zero-order chi connectivity index (χ0) is 24.9. The Kier molecular flexibility index (Phi) is 8.02. The van der Waals surface area contributed by atoms with Crippen LogP contribution in [0.2, 0.25) is 0 Å². The van der Waals surface area contributed by atoms with Crippen molar-refractivity contribution in [2.45, 2.75) is 56.1 Å². The molecule has 4 rings (SSSR count). The normalized spacial score (nSPS) is 24.5. The molecule has 35 heavy (non-hydrogen) atoms. The number of urea groups is 1.